The van der Waals surface area contributed by atoms with Crippen molar-refractivity contribution in [1.82, 2.24) is 10.2 Å². The summed E-state index contributed by atoms with van der Waals surface area (Å²) in [6.45, 7) is 6.09. The fourth-order valence-corrected chi connectivity index (χ4v) is 2.55. The van der Waals surface area contributed by atoms with Gasteiger partial charge in [-0.15, -0.1) is 12.4 Å². The first-order chi connectivity index (χ1) is 9.27. The number of rotatable bonds is 7. The van der Waals surface area contributed by atoms with Crippen LogP contribution in [0.3, 0.4) is 0 Å². The summed E-state index contributed by atoms with van der Waals surface area (Å²) in [6.07, 6.45) is 2.84. The Morgan fingerprint density at radius 3 is 2.70 bits per heavy atom. The molecule has 20 heavy (non-hydrogen) atoms. The summed E-state index contributed by atoms with van der Waals surface area (Å²) in [5, 5.41) is 3.48. The molecule has 1 aromatic carbocycles. The largest absolute Gasteiger partial charge is 0.343 e. The van der Waals surface area contributed by atoms with Crippen molar-refractivity contribution in [2.75, 3.05) is 26.2 Å². The standard InChI is InChI=1S/C16H24N2O.ClH/c1-14(15-7-3-2-4-8-15)13-17-10-6-12-18-11-5-9-16(18)19;/h2-4,7-8,14,17H,5-6,9-13H2,1H3;1H. The predicted octanol–water partition coefficient (Wildman–Crippen LogP) is 2.81. The highest BCUT2D eigenvalue weighted by molar-refractivity contribution is 5.85. The molecular weight excluding hydrogens is 272 g/mol. The van der Waals surface area contributed by atoms with Gasteiger partial charge in [0.05, 0.1) is 0 Å². The number of carbonyl (C=O) groups excluding carboxylic acids is 1. The van der Waals surface area contributed by atoms with E-state index in [0.29, 0.717) is 11.8 Å². The number of hydrogen-bond acceptors (Lipinski definition) is 2. The summed E-state index contributed by atoms with van der Waals surface area (Å²) in [5.41, 5.74) is 1.38. The average Bonchev–Trinajstić information content (AvgIpc) is 2.85. The molecule has 1 aromatic rings. The van der Waals surface area contributed by atoms with Gasteiger partial charge >= 0.3 is 0 Å². The van der Waals surface area contributed by atoms with Gasteiger partial charge in [0.2, 0.25) is 5.91 Å². The topological polar surface area (TPSA) is 32.3 Å². The maximum absolute atomic E-state index is 11.4. The van der Waals surface area contributed by atoms with Crippen molar-refractivity contribution in [1.29, 1.82) is 0 Å². The van der Waals surface area contributed by atoms with Crippen LogP contribution in [0.4, 0.5) is 0 Å². The number of amides is 1. The fraction of sp³-hybridized carbons (Fsp3) is 0.562. The zero-order valence-corrected chi connectivity index (χ0v) is 13.0. The molecular formula is C16H25ClN2O. The quantitative estimate of drug-likeness (QED) is 0.785. The second-order valence-electron chi connectivity index (χ2n) is 5.35. The van der Waals surface area contributed by atoms with E-state index in [1.165, 1.54) is 5.56 Å². The van der Waals surface area contributed by atoms with Crippen LogP contribution in [-0.2, 0) is 4.79 Å². The van der Waals surface area contributed by atoms with E-state index in [-0.39, 0.29) is 12.4 Å². The Labute approximate surface area is 128 Å². The molecule has 3 nitrogen and oxygen atoms in total. The third kappa shape index (κ3) is 5.14. The zero-order chi connectivity index (χ0) is 13.5. The molecule has 1 heterocycles. The molecule has 1 amide bonds. The Morgan fingerprint density at radius 1 is 1.30 bits per heavy atom. The monoisotopic (exact) mass is 296 g/mol. The van der Waals surface area contributed by atoms with E-state index in [2.05, 4.69) is 42.6 Å². The summed E-state index contributed by atoms with van der Waals surface area (Å²) in [6, 6.07) is 10.6. The summed E-state index contributed by atoms with van der Waals surface area (Å²) in [4.78, 5) is 13.4. The van der Waals surface area contributed by atoms with Gasteiger partial charge in [0.15, 0.2) is 0 Å². The lowest BCUT2D eigenvalue weighted by molar-refractivity contribution is -0.127. The average molecular weight is 297 g/mol. The van der Waals surface area contributed by atoms with Crippen LogP contribution in [0.25, 0.3) is 0 Å². The molecule has 1 atom stereocenters. The maximum atomic E-state index is 11.4. The number of nitrogens with zero attached hydrogens (tertiary/aromatic N) is 1. The van der Waals surface area contributed by atoms with Crippen molar-refractivity contribution < 1.29 is 4.79 Å². The van der Waals surface area contributed by atoms with Crippen LogP contribution in [0.1, 0.15) is 37.7 Å². The van der Waals surface area contributed by atoms with Gasteiger partial charge in [0.25, 0.3) is 0 Å². The van der Waals surface area contributed by atoms with Crippen LogP contribution in [-0.4, -0.2) is 37.0 Å². The van der Waals surface area contributed by atoms with Gasteiger partial charge in [-0.1, -0.05) is 37.3 Å². The zero-order valence-electron chi connectivity index (χ0n) is 12.2. The first-order valence-electron chi connectivity index (χ1n) is 7.31. The van der Waals surface area contributed by atoms with Crippen LogP contribution in [0, 0.1) is 0 Å². The van der Waals surface area contributed by atoms with Gasteiger partial charge < -0.3 is 10.2 Å². The highest BCUT2D eigenvalue weighted by Crippen LogP contribution is 2.13. The number of hydrogen-bond donors (Lipinski definition) is 1. The Hall–Kier alpha value is -1.06. The molecule has 4 heteroatoms. The second-order valence-corrected chi connectivity index (χ2v) is 5.35. The smallest absolute Gasteiger partial charge is 0.222 e. The van der Waals surface area contributed by atoms with Gasteiger partial charge in [-0.05, 0) is 30.9 Å². The van der Waals surface area contributed by atoms with Crippen LogP contribution in [0.5, 0.6) is 0 Å². The van der Waals surface area contributed by atoms with E-state index in [1.807, 2.05) is 4.90 Å². The van der Waals surface area contributed by atoms with E-state index >= 15 is 0 Å². The van der Waals surface area contributed by atoms with E-state index in [9.17, 15) is 4.79 Å². The molecule has 1 N–H and O–H groups in total. The van der Waals surface area contributed by atoms with Gasteiger partial charge in [0, 0.05) is 26.1 Å². The van der Waals surface area contributed by atoms with Crippen molar-refractivity contribution >= 4 is 18.3 Å². The molecule has 1 unspecified atom stereocenters. The SMILES string of the molecule is CC(CNCCCN1CCCC1=O)c1ccccc1.Cl. The molecule has 0 spiro atoms. The van der Waals surface area contributed by atoms with Crippen molar-refractivity contribution in [3.63, 3.8) is 0 Å². The van der Waals surface area contributed by atoms with Gasteiger partial charge in [0.1, 0.15) is 0 Å². The van der Waals surface area contributed by atoms with Crippen LogP contribution in [0.2, 0.25) is 0 Å². The lowest BCUT2D eigenvalue weighted by atomic mass is 10.0. The van der Waals surface area contributed by atoms with Crippen LogP contribution >= 0.6 is 12.4 Å². The number of nitrogens with one attached hydrogen (secondary N) is 1. The second kappa shape index (κ2) is 8.98. The lowest BCUT2D eigenvalue weighted by Gasteiger charge is -2.16. The molecule has 0 aliphatic carbocycles. The number of benzene rings is 1. The summed E-state index contributed by atoms with van der Waals surface area (Å²) in [7, 11) is 0. The van der Waals surface area contributed by atoms with Crippen molar-refractivity contribution in [3.8, 4) is 0 Å². The van der Waals surface area contributed by atoms with Crippen LogP contribution in [0.15, 0.2) is 30.3 Å². The fourth-order valence-electron chi connectivity index (χ4n) is 2.55. The maximum Gasteiger partial charge on any atom is 0.222 e. The minimum atomic E-state index is 0. The Bertz CT molecular complexity index is 397. The molecule has 1 aliphatic rings. The normalized spacial score (nSPS) is 16.1. The Balaban J connectivity index is 0.00000200. The molecule has 0 bridgehead atoms. The Morgan fingerprint density at radius 2 is 2.05 bits per heavy atom. The van der Waals surface area contributed by atoms with Gasteiger partial charge in [-0.25, -0.2) is 0 Å². The molecule has 2 rings (SSSR count). The summed E-state index contributed by atoms with van der Waals surface area (Å²) < 4.78 is 0. The minimum absolute atomic E-state index is 0. The van der Waals surface area contributed by atoms with Crippen molar-refractivity contribution in [3.05, 3.63) is 35.9 Å². The number of halogens is 1. The van der Waals surface area contributed by atoms with Gasteiger partial charge in [-0.2, -0.15) is 0 Å². The highest BCUT2D eigenvalue weighted by Gasteiger charge is 2.18. The molecule has 1 fully saturated rings. The Kier molecular flexibility index (Phi) is 7.63. The van der Waals surface area contributed by atoms with E-state index in [1.54, 1.807) is 0 Å². The summed E-state index contributed by atoms with van der Waals surface area (Å²) in [5.74, 6) is 0.868. The third-order valence-corrected chi connectivity index (χ3v) is 3.77. The first kappa shape index (κ1) is 17.0. The molecule has 1 aliphatic heterocycles. The number of carbonyl (C=O) groups is 1. The minimum Gasteiger partial charge on any atom is -0.343 e. The van der Waals surface area contributed by atoms with E-state index in [4.69, 9.17) is 0 Å². The summed E-state index contributed by atoms with van der Waals surface area (Å²) >= 11 is 0. The number of likely N-dealkylation sites (tertiary alicyclic amines) is 1. The van der Waals surface area contributed by atoms with E-state index < -0.39 is 0 Å². The molecule has 1 saturated heterocycles. The third-order valence-electron chi connectivity index (χ3n) is 3.77. The van der Waals surface area contributed by atoms with Crippen molar-refractivity contribution in [2.45, 2.75) is 32.1 Å². The van der Waals surface area contributed by atoms with E-state index in [0.717, 1.165) is 45.4 Å². The molecule has 0 radical (unpaired) electrons. The van der Waals surface area contributed by atoms with Gasteiger partial charge in [-0.3, -0.25) is 4.79 Å². The highest BCUT2D eigenvalue weighted by atomic mass is 35.5. The van der Waals surface area contributed by atoms with Crippen LogP contribution < -0.4 is 5.32 Å². The first-order valence-corrected chi connectivity index (χ1v) is 7.31. The molecule has 0 aromatic heterocycles. The van der Waals surface area contributed by atoms with Crippen molar-refractivity contribution in [2.24, 2.45) is 0 Å². The molecule has 112 valence electrons. The molecule has 0 saturated carbocycles. The predicted molar refractivity (Wildman–Crippen MR) is 85.4 cm³/mol. The lowest BCUT2D eigenvalue weighted by Crippen LogP contribution is -2.29.